The number of para-hydroxylation sites is 4. The predicted octanol–water partition coefficient (Wildman–Crippen LogP) is 25.4. The summed E-state index contributed by atoms with van der Waals surface area (Å²) in [6.07, 6.45) is 6.47. The van der Waals surface area contributed by atoms with Crippen molar-refractivity contribution in [1.29, 1.82) is 0 Å². The molecule has 107 heavy (non-hydrogen) atoms. The van der Waals surface area contributed by atoms with Crippen molar-refractivity contribution in [2.24, 2.45) is 0 Å². The number of rotatable bonds is 14. The van der Waals surface area contributed by atoms with E-state index in [0.717, 1.165) is 47.0 Å². The number of nitrogens with zero attached hydrogens (tertiary/aromatic N) is 2. The van der Waals surface area contributed by atoms with E-state index in [1.807, 2.05) is 0 Å². The molecular formula is C104H72N2Si. The topological polar surface area (TPSA) is 6.48 Å². The van der Waals surface area contributed by atoms with Crippen LogP contribution >= 0.6 is 0 Å². The molecule has 20 rings (SSSR count). The van der Waals surface area contributed by atoms with Crippen LogP contribution in [0.5, 0.6) is 0 Å². The van der Waals surface area contributed by atoms with Crippen LogP contribution in [0.4, 0.5) is 34.1 Å². The fourth-order valence-electron chi connectivity index (χ4n) is 18.3. The Balaban J connectivity index is 0.833. The van der Waals surface area contributed by atoms with Gasteiger partial charge in [0.05, 0.1) is 0 Å². The lowest BCUT2D eigenvalue weighted by Crippen LogP contribution is -2.75. The van der Waals surface area contributed by atoms with Gasteiger partial charge >= 0.3 is 0 Å². The van der Waals surface area contributed by atoms with Gasteiger partial charge < -0.3 is 9.80 Å². The molecule has 0 saturated carbocycles. The summed E-state index contributed by atoms with van der Waals surface area (Å²) in [5.74, 6) is 0. The highest BCUT2D eigenvalue weighted by molar-refractivity contribution is 7.23. The van der Waals surface area contributed by atoms with Crippen molar-refractivity contribution in [2.45, 2.75) is 12.8 Å². The minimum absolute atomic E-state index is 0.821. The number of fused-ring (bicyclic) bond motifs is 8. The van der Waals surface area contributed by atoms with E-state index in [-0.39, 0.29) is 0 Å². The molecular weight excluding hydrogens is 1310 g/mol. The van der Waals surface area contributed by atoms with Gasteiger partial charge in [0.15, 0.2) is 8.07 Å². The molecule has 502 valence electrons. The van der Waals surface area contributed by atoms with Crippen molar-refractivity contribution in [3.8, 4) is 44.5 Å². The number of benzene rings is 19. The van der Waals surface area contributed by atoms with Crippen LogP contribution in [0.15, 0.2) is 413 Å². The van der Waals surface area contributed by atoms with E-state index < -0.39 is 8.07 Å². The summed E-state index contributed by atoms with van der Waals surface area (Å²) >= 11 is 0. The van der Waals surface area contributed by atoms with Gasteiger partial charge in [-0.2, -0.15) is 0 Å². The average molecular weight is 1380 g/mol. The molecule has 0 atom stereocenters. The van der Waals surface area contributed by atoms with Crippen LogP contribution in [0.25, 0.3) is 120 Å². The first-order chi connectivity index (χ1) is 53.2. The van der Waals surface area contributed by atoms with Gasteiger partial charge in [-0.3, -0.25) is 0 Å². The third-order valence-corrected chi connectivity index (χ3v) is 27.6. The van der Waals surface area contributed by atoms with Crippen LogP contribution in [0.2, 0.25) is 0 Å². The molecule has 19 aromatic rings. The molecule has 0 bridgehead atoms. The standard InChI is InChI=1S/C104H72N2Si/c1-7-35-73(36-8-1)105(74-37-9-2-10-38-74)77-67-63-71(64-68-77)97-81-47-19-23-51-85(81)99(86-52-24-20-48-82(86)97)101-89-55-27-31-59-93(89)103(94-60-32-28-56-90(94)101)107(79-43-15-5-16-44-79,80-45-17-6-18-46-80)104-95-61-33-29-57-91(95)102(92-58-30-34-62-96(92)104)100-87-53-25-21-49-83(87)98(84-50-22-26-54-88(84)100)72-65-69-78(70-66-72)106(75-39-11-3-12-40-75)76-41-13-4-14-42-76/h1-49,51-53,55-70H,50,54H2. The van der Waals surface area contributed by atoms with Crippen molar-refractivity contribution in [3.63, 3.8) is 0 Å². The second kappa shape index (κ2) is 26.7. The number of hydrogen-bond donors (Lipinski definition) is 0. The smallest absolute Gasteiger partial charge is 0.182 e. The first-order valence-electron chi connectivity index (χ1n) is 37.3. The van der Waals surface area contributed by atoms with Crippen LogP contribution < -0.4 is 30.5 Å². The molecule has 3 heteroatoms. The Labute approximate surface area is 624 Å². The lowest BCUT2D eigenvalue weighted by atomic mass is 9.78. The van der Waals surface area contributed by atoms with Crippen molar-refractivity contribution >= 4 is 138 Å². The summed E-state index contributed by atoms with van der Waals surface area (Å²) in [6.45, 7) is 0. The van der Waals surface area contributed by atoms with Gasteiger partial charge in [0.1, 0.15) is 0 Å². The molecule has 0 unspecified atom stereocenters. The van der Waals surface area contributed by atoms with Gasteiger partial charge in [0.25, 0.3) is 0 Å². The van der Waals surface area contributed by atoms with E-state index in [9.17, 15) is 0 Å². The Morgan fingerprint density at radius 1 is 0.168 bits per heavy atom. The zero-order valence-corrected chi connectivity index (χ0v) is 60.1. The maximum Gasteiger partial charge on any atom is 0.182 e. The summed E-state index contributed by atoms with van der Waals surface area (Å²) in [6, 6.07) is 150. The van der Waals surface area contributed by atoms with Crippen LogP contribution in [-0.4, -0.2) is 8.07 Å². The minimum Gasteiger partial charge on any atom is -0.311 e. The Bertz CT molecular complexity index is 6350. The Kier molecular flexibility index (Phi) is 15.8. The highest BCUT2D eigenvalue weighted by Crippen LogP contribution is 2.52. The van der Waals surface area contributed by atoms with Crippen molar-refractivity contribution < 1.29 is 0 Å². The second-order valence-electron chi connectivity index (χ2n) is 28.2. The second-order valence-corrected chi connectivity index (χ2v) is 31.9. The Morgan fingerprint density at radius 3 is 0.682 bits per heavy atom. The van der Waals surface area contributed by atoms with Crippen LogP contribution in [0.3, 0.4) is 0 Å². The summed E-state index contributed by atoms with van der Waals surface area (Å²) in [5.41, 5.74) is 19.5. The quantitative estimate of drug-likeness (QED) is 0.0463. The molecule has 19 aromatic carbocycles. The monoisotopic (exact) mass is 1380 g/mol. The first kappa shape index (κ1) is 63.3. The maximum atomic E-state index is 2.47. The van der Waals surface area contributed by atoms with Crippen LogP contribution in [0, 0.1) is 0 Å². The third-order valence-electron chi connectivity index (χ3n) is 22.6. The summed E-state index contributed by atoms with van der Waals surface area (Å²) < 4.78 is 0. The van der Waals surface area contributed by atoms with E-state index in [2.05, 4.69) is 422 Å². The molecule has 0 aliphatic heterocycles. The molecule has 2 nitrogen and oxygen atoms in total. The highest BCUT2D eigenvalue weighted by atomic mass is 28.3. The molecule has 0 amide bonds. The van der Waals surface area contributed by atoms with Gasteiger partial charge in [-0.1, -0.05) is 340 Å². The molecule has 0 fully saturated rings. The van der Waals surface area contributed by atoms with Gasteiger partial charge in [-0.15, -0.1) is 0 Å². The van der Waals surface area contributed by atoms with E-state index in [1.165, 1.54) is 152 Å². The molecule has 0 saturated heterocycles. The number of allylic oxidation sites excluding steroid dienone is 2. The predicted molar refractivity (Wildman–Crippen MR) is 460 cm³/mol. The van der Waals surface area contributed by atoms with Gasteiger partial charge in [-0.25, -0.2) is 0 Å². The lowest BCUT2D eigenvalue weighted by Gasteiger charge is -2.39. The molecule has 1 aliphatic carbocycles. The Morgan fingerprint density at radius 2 is 0.374 bits per heavy atom. The van der Waals surface area contributed by atoms with Gasteiger partial charge in [-0.05, 0) is 237 Å². The minimum atomic E-state index is -3.63. The molecule has 0 radical (unpaired) electrons. The lowest BCUT2D eigenvalue weighted by molar-refractivity contribution is 1.11. The van der Waals surface area contributed by atoms with Crippen molar-refractivity contribution in [3.05, 3.63) is 424 Å². The summed E-state index contributed by atoms with van der Waals surface area (Å²) in [5, 5.41) is 22.9. The SMILES string of the molecule is C1=CCc2c(c(-c3ccc(N(c4ccccc4)c4ccccc4)cc3)c3ccccc3c2-c2c3ccccc3c([Si](c3ccccc3)(c3ccccc3)c3c4ccccc4c(-c4c5ccccc5c(-c5ccc(N(c6ccccc6)c6ccccc6)cc5)c5ccccc45)c4ccccc34)c3ccccc23)C1. The van der Waals surface area contributed by atoms with Crippen molar-refractivity contribution in [1.82, 2.24) is 0 Å². The van der Waals surface area contributed by atoms with E-state index in [1.54, 1.807) is 0 Å². The summed E-state index contributed by atoms with van der Waals surface area (Å²) in [7, 11) is -3.63. The number of hydrogen-bond acceptors (Lipinski definition) is 2. The van der Waals surface area contributed by atoms with Crippen LogP contribution in [0.1, 0.15) is 11.1 Å². The maximum absolute atomic E-state index is 3.63. The average Bonchev–Trinajstić information content (AvgIpc) is 0.682. The zero-order valence-electron chi connectivity index (χ0n) is 59.1. The normalized spacial score (nSPS) is 12.2. The van der Waals surface area contributed by atoms with Gasteiger partial charge in [0, 0.05) is 34.1 Å². The highest BCUT2D eigenvalue weighted by Gasteiger charge is 2.47. The van der Waals surface area contributed by atoms with E-state index in [0.29, 0.717) is 0 Å². The molecule has 0 heterocycles. The number of anilines is 6. The van der Waals surface area contributed by atoms with Gasteiger partial charge in [0.2, 0.25) is 0 Å². The third kappa shape index (κ3) is 10.4. The van der Waals surface area contributed by atoms with E-state index in [4.69, 9.17) is 0 Å². The van der Waals surface area contributed by atoms with Crippen LogP contribution in [-0.2, 0) is 12.8 Å². The first-order valence-corrected chi connectivity index (χ1v) is 39.3. The van der Waals surface area contributed by atoms with E-state index >= 15 is 0 Å². The molecule has 0 aromatic heterocycles. The molecule has 0 spiro atoms. The Hall–Kier alpha value is -13.4. The zero-order chi connectivity index (χ0) is 70.8. The fraction of sp³-hybridized carbons (Fsp3) is 0.0192. The molecule has 0 N–H and O–H groups in total. The summed E-state index contributed by atoms with van der Waals surface area (Å²) in [4.78, 5) is 4.70. The van der Waals surface area contributed by atoms with Crippen molar-refractivity contribution in [2.75, 3.05) is 9.80 Å². The molecule has 1 aliphatic rings. The fourth-order valence-corrected chi connectivity index (χ4v) is 23.9. The largest absolute Gasteiger partial charge is 0.311 e.